The van der Waals surface area contributed by atoms with Gasteiger partial charge in [-0.1, -0.05) is 18.2 Å². The quantitative estimate of drug-likeness (QED) is 0.279. The number of thiophene rings is 1. The Morgan fingerprint density at radius 1 is 1.12 bits per heavy atom. The molecule has 1 amide bonds. The summed E-state index contributed by atoms with van der Waals surface area (Å²) >= 11 is 1.36. The van der Waals surface area contributed by atoms with E-state index in [4.69, 9.17) is 4.74 Å². The van der Waals surface area contributed by atoms with Crippen LogP contribution in [-0.2, 0) is 27.8 Å². The summed E-state index contributed by atoms with van der Waals surface area (Å²) in [6.45, 7) is -0.919. The maximum absolute atomic E-state index is 13.6. The maximum Gasteiger partial charge on any atom is 0.262 e. The van der Waals surface area contributed by atoms with Gasteiger partial charge < -0.3 is 9.84 Å². The third kappa shape index (κ3) is 6.29. The fourth-order valence-electron chi connectivity index (χ4n) is 3.16. The standard InChI is InChI=1S/C22H23FN2O6S2/c23-11-12-31-18-7-3-16(4-8-18)15-25(33(29,30)20-9-5-17(26)6-10-20)21(22(27)24-28)14-19-2-1-13-32-19/h1-10,13,21,26,28H,11-12,14-15H2,(H,24,27)/t21-/m1/s1. The van der Waals surface area contributed by atoms with Gasteiger partial charge in [0.2, 0.25) is 10.0 Å². The number of phenols is 1. The first kappa shape index (κ1) is 24.6. The van der Waals surface area contributed by atoms with Crippen molar-refractivity contribution in [3.8, 4) is 11.5 Å². The van der Waals surface area contributed by atoms with E-state index in [1.807, 2.05) is 0 Å². The molecule has 0 saturated carbocycles. The van der Waals surface area contributed by atoms with Crippen molar-refractivity contribution < 1.29 is 32.7 Å². The first-order valence-corrected chi connectivity index (χ1v) is 12.2. The minimum Gasteiger partial charge on any atom is -0.508 e. The van der Waals surface area contributed by atoms with E-state index in [0.29, 0.717) is 11.3 Å². The molecule has 0 aliphatic rings. The summed E-state index contributed by atoms with van der Waals surface area (Å²) in [7, 11) is -4.22. The van der Waals surface area contributed by atoms with E-state index >= 15 is 0 Å². The highest BCUT2D eigenvalue weighted by molar-refractivity contribution is 7.89. The molecule has 0 aliphatic carbocycles. The number of carbonyl (C=O) groups is 1. The lowest BCUT2D eigenvalue weighted by Gasteiger charge is -2.29. The molecule has 2 aromatic carbocycles. The van der Waals surface area contributed by atoms with Gasteiger partial charge in [-0.25, -0.2) is 18.3 Å². The second-order valence-corrected chi connectivity index (χ2v) is 9.92. The van der Waals surface area contributed by atoms with Crippen LogP contribution in [-0.4, -0.2) is 48.3 Å². The van der Waals surface area contributed by atoms with Gasteiger partial charge in [0.1, 0.15) is 30.8 Å². The number of alkyl halides is 1. The van der Waals surface area contributed by atoms with Gasteiger partial charge in [-0.05, 0) is 53.4 Å². The molecule has 3 N–H and O–H groups in total. The average Bonchev–Trinajstić information content (AvgIpc) is 3.33. The zero-order chi connectivity index (χ0) is 23.8. The van der Waals surface area contributed by atoms with Gasteiger partial charge in [-0.3, -0.25) is 10.0 Å². The second-order valence-electron chi connectivity index (χ2n) is 7.00. The third-order valence-corrected chi connectivity index (χ3v) is 7.55. The molecule has 0 fully saturated rings. The molecule has 3 aromatic rings. The Balaban J connectivity index is 2.00. The molecule has 0 spiro atoms. The predicted octanol–water partition coefficient (Wildman–Crippen LogP) is 3.11. The summed E-state index contributed by atoms with van der Waals surface area (Å²) in [6, 6.07) is 13.6. The summed E-state index contributed by atoms with van der Waals surface area (Å²) in [4.78, 5) is 13.3. The molecule has 3 rings (SSSR count). The number of hydrogen-bond acceptors (Lipinski definition) is 7. The van der Waals surface area contributed by atoms with E-state index in [9.17, 15) is 27.9 Å². The van der Waals surface area contributed by atoms with Crippen LogP contribution in [0, 0.1) is 0 Å². The van der Waals surface area contributed by atoms with Crippen LogP contribution in [0.15, 0.2) is 70.9 Å². The van der Waals surface area contributed by atoms with Crippen molar-refractivity contribution in [3.63, 3.8) is 0 Å². The predicted molar refractivity (Wildman–Crippen MR) is 120 cm³/mol. The number of benzene rings is 2. The number of aromatic hydroxyl groups is 1. The van der Waals surface area contributed by atoms with Crippen LogP contribution in [0.5, 0.6) is 11.5 Å². The van der Waals surface area contributed by atoms with E-state index in [1.165, 1.54) is 35.6 Å². The zero-order valence-electron chi connectivity index (χ0n) is 17.4. The van der Waals surface area contributed by atoms with E-state index in [1.54, 1.807) is 47.3 Å². The number of phenolic OH excluding ortho intramolecular Hbond substituents is 1. The summed E-state index contributed by atoms with van der Waals surface area (Å²) in [5.74, 6) is -0.561. The molecule has 11 heteroatoms. The molecule has 1 aromatic heterocycles. The van der Waals surface area contributed by atoms with Gasteiger partial charge in [-0.2, -0.15) is 4.31 Å². The molecule has 0 unspecified atom stereocenters. The van der Waals surface area contributed by atoms with E-state index < -0.39 is 28.6 Å². The number of carbonyl (C=O) groups excluding carboxylic acids is 1. The number of sulfonamides is 1. The SMILES string of the molecule is O=C(NO)[C@@H](Cc1cccs1)N(Cc1ccc(OCCF)cc1)S(=O)(=O)c1ccc(O)cc1. The fraction of sp³-hybridized carbons (Fsp3) is 0.227. The number of halogens is 1. The van der Waals surface area contributed by atoms with Crippen LogP contribution in [0.4, 0.5) is 4.39 Å². The highest BCUT2D eigenvalue weighted by Crippen LogP contribution is 2.26. The van der Waals surface area contributed by atoms with Crippen molar-refractivity contribution in [2.45, 2.75) is 23.9 Å². The first-order chi connectivity index (χ1) is 15.8. The Labute approximate surface area is 194 Å². The highest BCUT2D eigenvalue weighted by atomic mass is 32.2. The molecule has 1 atom stereocenters. The van der Waals surface area contributed by atoms with Crippen LogP contribution in [0.1, 0.15) is 10.4 Å². The Bertz CT molecular complexity index is 1140. The molecular weight excluding hydrogens is 471 g/mol. The Morgan fingerprint density at radius 2 is 1.82 bits per heavy atom. The van der Waals surface area contributed by atoms with Crippen molar-refractivity contribution in [3.05, 3.63) is 76.5 Å². The Hall–Kier alpha value is -2.99. The van der Waals surface area contributed by atoms with Crippen LogP contribution < -0.4 is 10.2 Å². The number of hydroxylamine groups is 1. The monoisotopic (exact) mass is 494 g/mol. The Kier molecular flexibility index (Phi) is 8.39. The van der Waals surface area contributed by atoms with Gasteiger partial charge in [0.15, 0.2) is 0 Å². The minimum atomic E-state index is -4.22. The highest BCUT2D eigenvalue weighted by Gasteiger charge is 2.36. The van der Waals surface area contributed by atoms with Crippen molar-refractivity contribution in [2.75, 3.05) is 13.3 Å². The number of rotatable bonds is 11. The molecule has 0 saturated heterocycles. The molecule has 176 valence electrons. The molecule has 0 bridgehead atoms. The lowest BCUT2D eigenvalue weighted by molar-refractivity contribution is -0.133. The van der Waals surface area contributed by atoms with Gasteiger partial charge in [-0.15, -0.1) is 11.3 Å². The molecular formula is C22H23FN2O6S2. The number of hydrogen-bond donors (Lipinski definition) is 3. The number of nitrogens with one attached hydrogen (secondary N) is 1. The van der Waals surface area contributed by atoms with E-state index in [0.717, 1.165) is 9.18 Å². The van der Waals surface area contributed by atoms with Crippen LogP contribution in [0.3, 0.4) is 0 Å². The van der Waals surface area contributed by atoms with E-state index in [-0.39, 0.29) is 30.2 Å². The molecule has 8 nitrogen and oxygen atoms in total. The summed E-state index contributed by atoms with van der Waals surface area (Å²) < 4.78 is 45.7. The second kappa shape index (κ2) is 11.2. The van der Waals surface area contributed by atoms with Gasteiger partial charge in [0.05, 0.1) is 4.90 Å². The topological polar surface area (TPSA) is 116 Å². The van der Waals surface area contributed by atoms with Crippen LogP contribution in [0.2, 0.25) is 0 Å². The smallest absolute Gasteiger partial charge is 0.262 e. The maximum atomic E-state index is 13.6. The number of ether oxygens (including phenoxy) is 1. The number of nitrogens with zero attached hydrogens (tertiary/aromatic N) is 1. The molecule has 0 radical (unpaired) electrons. The fourth-order valence-corrected chi connectivity index (χ4v) is 5.48. The first-order valence-electron chi connectivity index (χ1n) is 9.90. The summed E-state index contributed by atoms with van der Waals surface area (Å²) in [5.41, 5.74) is 2.12. The van der Waals surface area contributed by atoms with Gasteiger partial charge in [0.25, 0.3) is 5.91 Å². The van der Waals surface area contributed by atoms with Crippen LogP contribution in [0.25, 0.3) is 0 Å². The van der Waals surface area contributed by atoms with Crippen molar-refractivity contribution in [1.82, 2.24) is 9.79 Å². The van der Waals surface area contributed by atoms with Crippen molar-refractivity contribution in [2.24, 2.45) is 0 Å². The van der Waals surface area contributed by atoms with Gasteiger partial charge >= 0.3 is 0 Å². The molecule has 33 heavy (non-hydrogen) atoms. The largest absolute Gasteiger partial charge is 0.508 e. The number of amides is 1. The lowest BCUT2D eigenvalue weighted by atomic mass is 10.1. The van der Waals surface area contributed by atoms with E-state index in [2.05, 4.69) is 0 Å². The zero-order valence-corrected chi connectivity index (χ0v) is 19.1. The summed E-state index contributed by atoms with van der Waals surface area (Å²) in [5, 5.41) is 20.7. The molecule has 0 aliphatic heterocycles. The Morgan fingerprint density at radius 3 is 2.39 bits per heavy atom. The summed E-state index contributed by atoms with van der Waals surface area (Å²) in [6.07, 6.45) is 0.0407. The molecule has 1 heterocycles. The van der Waals surface area contributed by atoms with Crippen molar-refractivity contribution >= 4 is 27.3 Å². The minimum absolute atomic E-state index is 0.0407. The van der Waals surface area contributed by atoms with Crippen LogP contribution >= 0.6 is 11.3 Å². The normalized spacial score (nSPS) is 12.5. The lowest BCUT2D eigenvalue weighted by Crippen LogP contribution is -2.49. The van der Waals surface area contributed by atoms with Crippen molar-refractivity contribution in [1.29, 1.82) is 0 Å². The van der Waals surface area contributed by atoms with Gasteiger partial charge in [0, 0.05) is 17.8 Å². The third-order valence-electron chi connectivity index (χ3n) is 4.79. The average molecular weight is 495 g/mol.